The lowest BCUT2D eigenvalue weighted by Gasteiger charge is -2.31. The maximum Gasteiger partial charge on any atom is 0.237 e. The number of benzene rings is 1. The highest BCUT2D eigenvalue weighted by atomic mass is 16.2. The summed E-state index contributed by atoms with van der Waals surface area (Å²) in [5, 5.41) is 6.48. The van der Waals surface area contributed by atoms with Gasteiger partial charge in [-0.25, -0.2) is 0 Å². The molecule has 0 spiro atoms. The molecule has 0 aliphatic carbocycles. The van der Waals surface area contributed by atoms with Crippen LogP contribution in [0.5, 0.6) is 0 Å². The first-order valence-corrected chi connectivity index (χ1v) is 7.14. The number of hydrogen-bond acceptors (Lipinski definition) is 2. The molecule has 0 fully saturated rings. The Kier molecular flexibility index (Phi) is 4.25. The van der Waals surface area contributed by atoms with Crippen LogP contribution in [-0.4, -0.2) is 17.5 Å². The average molecular weight is 260 g/mol. The normalized spacial score (nSPS) is 18.8. The minimum atomic E-state index is -0.121. The zero-order valence-corrected chi connectivity index (χ0v) is 12.1. The number of carbonyl (C=O) groups is 1. The maximum absolute atomic E-state index is 12.3. The minimum absolute atomic E-state index is 0.106. The molecule has 1 unspecified atom stereocenters. The third kappa shape index (κ3) is 3.57. The highest BCUT2D eigenvalue weighted by Crippen LogP contribution is 2.17. The van der Waals surface area contributed by atoms with Crippen molar-refractivity contribution in [3.8, 4) is 0 Å². The van der Waals surface area contributed by atoms with Crippen LogP contribution in [0.4, 0.5) is 0 Å². The highest BCUT2D eigenvalue weighted by molar-refractivity contribution is 5.83. The van der Waals surface area contributed by atoms with Gasteiger partial charge in [0.2, 0.25) is 5.91 Å². The third-order valence-electron chi connectivity index (χ3n) is 3.73. The van der Waals surface area contributed by atoms with Crippen LogP contribution in [0.2, 0.25) is 0 Å². The van der Waals surface area contributed by atoms with E-state index < -0.39 is 0 Å². The molecule has 3 heteroatoms. The van der Waals surface area contributed by atoms with Crippen LogP contribution in [0.3, 0.4) is 0 Å². The molecule has 2 rings (SSSR count). The molecule has 1 aliphatic heterocycles. The molecule has 19 heavy (non-hydrogen) atoms. The number of nitrogens with one attached hydrogen (secondary N) is 2. The number of amides is 1. The molecular formula is C16H24N2O. The van der Waals surface area contributed by atoms with Gasteiger partial charge >= 0.3 is 0 Å². The van der Waals surface area contributed by atoms with Gasteiger partial charge in [-0.3, -0.25) is 4.79 Å². The van der Waals surface area contributed by atoms with Crippen molar-refractivity contribution in [1.82, 2.24) is 10.6 Å². The predicted molar refractivity (Wildman–Crippen MR) is 77.9 cm³/mol. The van der Waals surface area contributed by atoms with Crippen LogP contribution in [0, 0.1) is 0 Å². The number of hydrogen-bond donors (Lipinski definition) is 2. The number of carbonyl (C=O) groups excluding carboxylic acids is 1. The van der Waals surface area contributed by atoms with Gasteiger partial charge in [-0.1, -0.05) is 37.6 Å². The predicted octanol–water partition coefficient (Wildman–Crippen LogP) is 2.40. The zero-order chi connectivity index (χ0) is 13.9. The molecule has 0 bridgehead atoms. The molecule has 104 valence electrons. The second-order valence-corrected chi connectivity index (χ2v) is 6.03. The fourth-order valence-corrected chi connectivity index (χ4v) is 2.75. The average Bonchev–Trinajstić information content (AvgIpc) is 2.37. The molecule has 1 aromatic carbocycles. The van der Waals surface area contributed by atoms with Gasteiger partial charge in [-0.15, -0.1) is 0 Å². The van der Waals surface area contributed by atoms with Crippen molar-refractivity contribution >= 4 is 5.91 Å². The lowest BCUT2D eigenvalue weighted by molar-refractivity contribution is -0.125. The van der Waals surface area contributed by atoms with E-state index in [0.717, 1.165) is 25.8 Å². The summed E-state index contributed by atoms with van der Waals surface area (Å²) in [5.41, 5.74) is 2.47. The molecule has 1 heterocycles. The van der Waals surface area contributed by atoms with Gasteiger partial charge < -0.3 is 10.6 Å². The highest BCUT2D eigenvalue weighted by Gasteiger charge is 2.27. The third-order valence-corrected chi connectivity index (χ3v) is 3.73. The Morgan fingerprint density at radius 1 is 1.37 bits per heavy atom. The quantitative estimate of drug-likeness (QED) is 0.873. The largest absolute Gasteiger partial charge is 0.350 e. The van der Waals surface area contributed by atoms with Crippen LogP contribution in [0.25, 0.3) is 0 Å². The molecule has 1 aliphatic rings. The Morgan fingerprint density at radius 2 is 2.05 bits per heavy atom. The van der Waals surface area contributed by atoms with Gasteiger partial charge in [-0.05, 0) is 37.8 Å². The standard InChI is InChI=1S/C16H24N2O/c1-4-9-16(2,3)18-15(19)14-10-12-7-5-6-8-13(12)11-17-14/h5-8,14,17H,4,9-11H2,1-3H3,(H,18,19). The summed E-state index contributed by atoms with van der Waals surface area (Å²) in [7, 11) is 0. The van der Waals surface area contributed by atoms with Gasteiger partial charge in [0.15, 0.2) is 0 Å². The fourth-order valence-electron chi connectivity index (χ4n) is 2.75. The summed E-state index contributed by atoms with van der Waals surface area (Å²) >= 11 is 0. The Balaban J connectivity index is 1.99. The lowest BCUT2D eigenvalue weighted by atomic mass is 9.93. The van der Waals surface area contributed by atoms with Crippen LogP contribution in [0.1, 0.15) is 44.7 Å². The Labute approximate surface area is 115 Å². The van der Waals surface area contributed by atoms with Crippen LogP contribution < -0.4 is 10.6 Å². The molecular weight excluding hydrogens is 236 g/mol. The summed E-state index contributed by atoms with van der Waals surface area (Å²) in [6.07, 6.45) is 2.86. The van der Waals surface area contributed by atoms with Gasteiger partial charge in [0.25, 0.3) is 0 Å². The molecule has 0 saturated carbocycles. The summed E-state index contributed by atoms with van der Waals surface area (Å²) in [5.74, 6) is 0.118. The van der Waals surface area contributed by atoms with E-state index in [4.69, 9.17) is 0 Å². The van der Waals surface area contributed by atoms with Crippen molar-refractivity contribution in [2.45, 2.75) is 58.2 Å². The van der Waals surface area contributed by atoms with E-state index in [0.29, 0.717) is 0 Å². The zero-order valence-electron chi connectivity index (χ0n) is 12.1. The molecule has 1 aromatic rings. The van der Waals surface area contributed by atoms with E-state index in [2.05, 4.69) is 43.5 Å². The molecule has 0 aromatic heterocycles. The summed E-state index contributed by atoms with van der Waals surface area (Å²) in [6, 6.07) is 8.22. The van der Waals surface area contributed by atoms with Gasteiger partial charge in [0, 0.05) is 12.1 Å². The molecule has 2 N–H and O–H groups in total. The second-order valence-electron chi connectivity index (χ2n) is 6.03. The van der Waals surface area contributed by atoms with Crippen LogP contribution in [0.15, 0.2) is 24.3 Å². The molecule has 0 radical (unpaired) electrons. The Morgan fingerprint density at radius 3 is 2.74 bits per heavy atom. The van der Waals surface area contributed by atoms with Crippen LogP contribution >= 0.6 is 0 Å². The Bertz CT molecular complexity index is 454. The fraction of sp³-hybridized carbons (Fsp3) is 0.562. The minimum Gasteiger partial charge on any atom is -0.350 e. The van der Waals surface area contributed by atoms with Crippen molar-refractivity contribution < 1.29 is 4.79 Å². The monoisotopic (exact) mass is 260 g/mol. The van der Waals surface area contributed by atoms with E-state index in [1.807, 2.05) is 12.1 Å². The van der Waals surface area contributed by atoms with Crippen molar-refractivity contribution in [2.24, 2.45) is 0 Å². The smallest absolute Gasteiger partial charge is 0.237 e. The second kappa shape index (κ2) is 5.74. The van der Waals surface area contributed by atoms with Crippen LogP contribution in [-0.2, 0) is 17.8 Å². The molecule has 0 saturated heterocycles. The van der Waals surface area contributed by atoms with E-state index in [9.17, 15) is 4.79 Å². The van der Waals surface area contributed by atoms with Crippen molar-refractivity contribution in [3.63, 3.8) is 0 Å². The van der Waals surface area contributed by atoms with Gasteiger partial charge in [-0.2, -0.15) is 0 Å². The summed E-state index contributed by atoms with van der Waals surface area (Å²) in [6.45, 7) is 7.10. The summed E-state index contributed by atoms with van der Waals surface area (Å²) < 4.78 is 0. The van der Waals surface area contributed by atoms with Crippen molar-refractivity contribution in [3.05, 3.63) is 35.4 Å². The number of fused-ring (bicyclic) bond motifs is 1. The van der Waals surface area contributed by atoms with Crippen molar-refractivity contribution in [1.29, 1.82) is 0 Å². The SMILES string of the molecule is CCCC(C)(C)NC(=O)C1Cc2ccccc2CN1. The van der Waals surface area contributed by atoms with E-state index in [-0.39, 0.29) is 17.5 Å². The first-order chi connectivity index (χ1) is 9.02. The maximum atomic E-state index is 12.3. The summed E-state index contributed by atoms with van der Waals surface area (Å²) in [4.78, 5) is 12.3. The molecule has 3 nitrogen and oxygen atoms in total. The molecule has 1 amide bonds. The number of rotatable bonds is 4. The van der Waals surface area contributed by atoms with E-state index >= 15 is 0 Å². The van der Waals surface area contributed by atoms with E-state index in [1.165, 1.54) is 11.1 Å². The van der Waals surface area contributed by atoms with Gasteiger partial charge in [0.05, 0.1) is 6.04 Å². The van der Waals surface area contributed by atoms with E-state index in [1.54, 1.807) is 0 Å². The molecule has 1 atom stereocenters. The van der Waals surface area contributed by atoms with Gasteiger partial charge in [0.1, 0.15) is 0 Å². The Hall–Kier alpha value is -1.35. The topological polar surface area (TPSA) is 41.1 Å². The first kappa shape index (κ1) is 14.1. The van der Waals surface area contributed by atoms with Crippen molar-refractivity contribution in [2.75, 3.05) is 0 Å². The first-order valence-electron chi connectivity index (χ1n) is 7.14. The lowest BCUT2D eigenvalue weighted by Crippen LogP contribution is -2.53.